The Balaban J connectivity index is 2.53. The van der Waals surface area contributed by atoms with Crippen LogP contribution in [0.2, 0.25) is 5.02 Å². The van der Waals surface area contributed by atoms with E-state index in [0.717, 1.165) is 11.4 Å². The van der Waals surface area contributed by atoms with Gasteiger partial charge in [-0.1, -0.05) is 29.8 Å². The summed E-state index contributed by atoms with van der Waals surface area (Å²) in [6.45, 7) is 4.05. The van der Waals surface area contributed by atoms with E-state index in [9.17, 15) is 0 Å². The molecule has 0 bridgehead atoms. The lowest BCUT2D eigenvalue weighted by Crippen LogP contribution is -2.32. The Morgan fingerprint density at radius 3 is 2.71 bits per heavy atom. The molecule has 0 saturated heterocycles. The molecular weight excluding hydrogens is 194 g/mol. The molecule has 0 heterocycles. The zero-order chi connectivity index (χ0) is 10.3. The number of benzene rings is 1. The van der Waals surface area contributed by atoms with E-state index < -0.39 is 0 Å². The molecule has 1 nitrogen and oxygen atoms in total. The topological polar surface area (TPSA) is 26.0 Å². The Morgan fingerprint density at radius 1 is 1.36 bits per heavy atom. The fourth-order valence-electron chi connectivity index (χ4n) is 1.94. The predicted octanol–water partition coefficient (Wildman–Crippen LogP) is 3.02. The summed E-state index contributed by atoms with van der Waals surface area (Å²) in [6, 6.07) is 6.00. The van der Waals surface area contributed by atoms with Crippen LogP contribution >= 0.6 is 11.6 Å². The van der Waals surface area contributed by atoms with E-state index in [0.29, 0.717) is 0 Å². The minimum Gasteiger partial charge on any atom is -0.322 e. The third kappa shape index (κ3) is 1.47. The summed E-state index contributed by atoms with van der Waals surface area (Å²) < 4.78 is 0. The smallest absolute Gasteiger partial charge is 0.0447 e. The highest BCUT2D eigenvalue weighted by Crippen LogP contribution is 2.36. The number of hydrogen-bond acceptors (Lipinski definition) is 1. The maximum absolute atomic E-state index is 6.11. The quantitative estimate of drug-likeness (QED) is 0.753. The molecule has 0 aromatic heterocycles. The van der Waals surface area contributed by atoms with Crippen LogP contribution in [0.25, 0.3) is 5.57 Å². The summed E-state index contributed by atoms with van der Waals surface area (Å²) in [6.07, 6.45) is 3.08. The van der Waals surface area contributed by atoms with Gasteiger partial charge in [-0.3, -0.25) is 0 Å². The van der Waals surface area contributed by atoms with Crippen LogP contribution in [0.5, 0.6) is 0 Å². The third-order valence-corrected chi connectivity index (χ3v) is 2.97. The van der Waals surface area contributed by atoms with Crippen molar-refractivity contribution in [2.75, 3.05) is 0 Å². The van der Waals surface area contributed by atoms with Crippen molar-refractivity contribution in [3.05, 3.63) is 40.4 Å². The van der Waals surface area contributed by atoms with Gasteiger partial charge in [0.2, 0.25) is 0 Å². The van der Waals surface area contributed by atoms with Gasteiger partial charge >= 0.3 is 0 Å². The summed E-state index contributed by atoms with van der Waals surface area (Å²) in [4.78, 5) is 0. The van der Waals surface area contributed by atoms with Crippen LogP contribution in [0, 0.1) is 0 Å². The van der Waals surface area contributed by atoms with Crippen molar-refractivity contribution in [3.63, 3.8) is 0 Å². The van der Waals surface area contributed by atoms with Gasteiger partial charge in [0.25, 0.3) is 0 Å². The highest BCUT2D eigenvalue weighted by molar-refractivity contribution is 6.31. The number of fused-ring (bicyclic) bond motifs is 1. The second-order valence-corrected chi connectivity index (χ2v) is 4.72. The number of nitrogens with two attached hydrogens (primary N) is 1. The molecule has 0 saturated carbocycles. The monoisotopic (exact) mass is 207 g/mol. The van der Waals surface area contributed by atoms with Gasteiger partial charge in [0, 0.05) is 10.6 Å². The van der Waals surface area contributed by atoms with Crippen LogP contribution in [-0.2, 0) is 6.42 Å². The van der Waals surface area contributed by atoms with Crippen LogP contribution in [-0.4, -0.2) is 5.54 Å². The number of allylic oxidation sites excluding steroid dienone is 1. The Morgan fingerprint density at radius 2 is 2.07 bits per heavy atom. The minimum absolute atomic E-state index is 0.282. The molecule has 1 aliphatic carbocycles. The number of rotatable bonds is 1. The molecule has 1 aromatic rings. The van der Waals surface area contributed by atoms with Crippen LogP contribution in [0.3, 0.4) is 0 Å². The first-order chi connectivity index (χ1) is 6.50. The summed E-state index contributed by atoms with van der Waals surface area (Å²) in [5.41, 5.74) is 9.44. The Kier molecular flexibility index (Phi) is 2.17. The highest BCUT2D eigenvalue weighted by atomic mass is 35.5. The molecule has 0 fully saturated rings. The fourth-order valence-corrected chi connectivity index (χ4v) is 2.19. The van der Waals surface area contributed by atoms with Crippen molar-refractivity contribution in [2.45, 2.75) is 25.8 Å². The maximum atomic E-state index is 6.11. The first kappa shape index (κ1) is 9.75. The number of hydrogen-bond donors (Lipinski definition) is 1. The molecule has 0 spiro atoms. The largest absolute Gasteiger partial charge is 0.322 e. The second-order valence-electron chi connectivity index (χ2n) is 4.31. The molecule has 74 valence electrons. The second kappa shape index (κ2) is 3.11. The molecule has 2 rings (SSSR count). The molecular formula is C12H14ClN. The molecule has 2 N–H and O–H groups in total. The first-order valence-corrected chi connectivity index (χ1v) is 5.15. The van der Waals surface area contributed by atoms with E-state index in [1.165, 1.54) is 16.7 Å². The fraction of sp³-hybridized carbons (Fsp3) is 0.333. The van der Waals surface area contributed by atoms with Crippen LogP contribution in [0.15, 0.2) is 24.3 Å². The zero-order valence-corrected chi connectivity index (χ0v) is 9.23. The van der Waals surface area contributed by atoms with Crippen LogP contribution in [0.1, 0.15) is 25.0 Å². The van der Waals surface area contributed by atoms with Crippen molar-refractivity contribution < 1.29 is 0 Å². The average molecular weight is 208 g/mol. The summed E-state index contributed by atoms with van der Waals surface area (Å²) in [5, 5.41) is 0.845. The Labute approximate surface area is 89.6 Å². The lowest BCUT2D eigenvalue weighted by Gasteiger charge is -2.21. The standard InChI is InChI=1S/C12H14ClN/c1-12(2,14)10-7-6-9-8(10)4-3-5-11(9)13/h3-5,7H,6,14H2,1-2H3. The molecule has 2 heteroatoms. The molecule has 1 aliphatic rings. The summed E-state index contributed by atoms with van der Waals surface area (Å²) in [7, 11) is 0. The molecule has 1 aromatic carbocycles. The normalized spacial score (nSPS) is 15.3. The lowest BCUT2D eigenvalue weighted by molar-refractivity contribution is 0.676. The first-order valence-electron chi connectivity index (χ1n) is 4.77. The zero-order valence-electron chi connectivity index (χ0n) is 8.47. The van der Waals surface area contributed by atoms with Crippen LogP contribution < -0.4 is 5.73 Å². The summed E-state index contributed by atoms with van der Waals surface area (Å²) >= 11 is 6.11. The van der Waals surface area contributed by atoms with Crippen molar-refractivity contribution in [1.82, 2.24) is 0 Å². The molecule has 14 heavy (non-hydrogen) atoms. The van der Waals surface area contributed by atoms with Gasteiger partial charge in [-0.05, 0) is 43.0 Å². The molecule has 0 aliphatic heterocycles. The van der Waals surface area contributed by atoms with Gasteiger partial charge in [-0.2, -0.15) is 0 Å². The van der Waals surface area contributed by atoms with Crippen molar-refractivity contribution in [1.29, 1.82) is 0 Å². The van der Waals surface area contributed by atoms with Gasteiger partial charge < -0.3 is 5.73 Å². The van der Waals surface area contributed by atoms with E-state index in [-0.39, 0.29) is 5.54 Å². The molecule has 0 unspecified atom stereocenters. The van der Waals surface area contributed by atoms with Crippen molar-refractivity contribution >= 4 is 17.2 Å². The van der Waals surface area contributed by atoms with E-state index in [1.807, 2.05) is 26.0 Å². The van der Waals surface area contributed by atoms with Crippen molar-refractivity contribution in [2.24, 2.45) is 5.73 Å². The van der Waals surface area contributed by atoms with Crippen LogP contribution in [0.4, 0.5) is 0 Å². The molecule has 0 radical (unpaired) electrons. The van der Waals surface area contributed by atoms with Gasteiger partial charge in [-0.15, -0.1) is 0 Å². The van der Waals surface area contributed by atoms with Gasteiger partial charge in [0.15, 0.2) is 0 Å². The molecule has 0 atom stereocenters. The predicted molar refractivity (Wildman–Crippen MR) is 61.4 cm³/mol. The van der Waals surface area contributed by atoms with E-state index in [2.05, 4.69) is 12.1 Å². The van der Waals surface area contributed by atoms with E-state index in [1.54, 1.807) is 0 Å². The lowest BCUT2D eigenvalue weighted by atomic mass is 9.91. The van der Waals surface area contributed by atoms with Gasteiger partial charge in [-0.25, -0.2) is 0 Å². The minimum atomic E-state index is -0.282. The Bertz CT molecular complexity index is 399. The maximum Gasteiger partial charge on any atom is 0.0447 e. The van der Waals surface area contributed by atoms with E-state index >= 15 is 0 Å². The third-order valence-electron chi connectivity index (χ3n) is 2.61. The van der Waals surface area contributed by atoms with Crippen molar-refractivity contribution in [3.8, 4) is 0 Å². The summed E-state index contributed by atoms with van der Waals surface area (Å²) in [5.74, 6) is 0. The number of halogens is 1. The van der Waals surface area contributed by atoms with E-state index in [4.69, 9.17) is 17.3 Å². The SMILES string of the molecule is CC(C)(N)C1=CCc2c(Cl)cccc21. The average Bonchev–Trinajstić information content (AvgIpc) is 2.47. The van der Waals surface area contributed by atoms with Gasteiger partial charge in [0.05, 0.1) is 0 Å². The highest BCUT2D eigenvalue weighted by Gasteiger charge is 2.25. The Hall–Kier alpha value is -0.790. The molecule has 0 amide bonds. The van der Waals surface area contributed by atoms with Gasteiger partial charge in [0.1, 0.15) is 0 Å².